The largest absolute Gasteiger partial charge is 0.481 e. The SMILES string of the molecule is COc1cc(Cl)nc(NC(=O)c2cc(Br)ccc2I)n1. The number of amides is 1. The van der Waals surface area contributed by atoms with Crippen molar-refractivity contribution in [1.29, 1.82) is 0 Å². The van der Waals surface area contributed by atoms with Gasteiger partial charge < -0.3 is 4.74 Å². The van der Waals surface area contributed by atoms with Crippen molar-refractivity contribution >= 4 is 62.0 Å². The molecule has 1 aromatic carbocycles. The van der Waals surface area contributed by atoms with Gasteiger partial charge in [0.15, 0.2) is 0 Å². The second-order valence-corrected chi connectivity index (χ2v) is 6.10. The Kier molecular flexibility index (Phi) is 5.17. The fourth-order valence-corrected chi connectivity index (χ4v) is 2.51. The van der Waals surface area contributed by atoms with Crippen LogP contribution in [0.3, 0.4) is 0 Å². The summed E-state index contributed by atoms with van der Waals surface area (Å²) >= 11 is 11.2. The highest BCUT2D eigenvalue weighted by molar-refractivity contribution is 14.1. The van der Waals surface area contributed by atoms with Crippen molar-refractivity contribution < 1.29 is 9.53 Å². The monoisotopic (exact) mass is 467 g/mol. The van der Waals surface area contributed by atoms with Crippen LogP contribution >= 0.6 is 50.1 Å². The number of rotatable bonds is 3. The Morgan fingerprint density at radius 1 is 1.40 bits per heavy atom. The van der Waals surface area contributed by atoms with Gasteiger partial charge in [-0.2, -0.15) is 4.98 Å². The molecule has 104 valence electrons. The number of ether oxygens (including phenoxy) is 1. The average Bonchev–Trinajstić information content (AvgIpc) is 2.40. The molecule has 0 bridgehead atoms. The number of hydrogen-bond acceptors (Lipinski definition) is 4. The summed E-state index contributed by atoms with van der Waals surface area (Å²) < 4.78 is 6.60. The lowest BCUT2D eigenvalue weighted by Crippen LogP contribution is -2.15. The molecule has 20 heavy (non-hydrogen) atoms. The molecule has 0 spiro atoms. The lowest BCUT2D eigenvalue weighted by Gasteiger charge is -2.07. The van der Waals surface area contributed by atoms with E-state index in [-0.39, 0.29) is 22.9 Å². The number of benzene rings is 1. The molecule has 0 radical (unpaired) electrons. The van der Waals surface area contributed by atoms with Gasteiger partial charge in [-0.15, -0.1) is 0 Å². The number of hydrogen-bond donors (Lipinski definition) is 1. The zero-order chi connectivity index (χ0) is 14.7. The van der Waals surface area contributed by atoms with Gasteiger partial charge in [0, 0.05) is 14.1 Å². The summed E-state index contributed by atoms with van der Waals surface area (Å²) in [7, 11) is 1.46. The minimum absolute atomic E-state index is 0.0927. The van der Waals surface area contributed by atoms with Crippen molar-refractivity contribution in [3.63, 3.8) is 0 Å². The van der Waals surface area contributed by atoms with Crippen LogP contribution < -0.4 is 10.1 Å². The van der Waals surface area contributed by atoms with E-state index >= 15 is 0 Å². The van der Waals surface area contributed by atoms with Crippen LogP contribution in [0.5, 0.6) is 5.88 Å². The number of anilines is 1. The highest BCUT2D eigenvalue weighted by Crippen LogP contribution is 2.20. The van der Waals surface area contributed by atoms with Gasteiger partial charge in [-0.3, -0.25) is 10.1 Å². The Bertz CT molecular complexity index is 669. The van der Waals surface area contributed by atoms with E-state index in [9.17, 15) is 4.79 Å². The zero-order valence-electron chi connectivity index (χ0n) is 10.2. The fourth-order valence-electron chi connectivity index (χ4n) is 1.40. The van der Waals surface area contributed by atoms with Gasteiger partial charge in [0.05, 0.1) is 12.7 Å². The van der Waals surface area contributed by atoms with E-state index in [2.05, 4.69) is 53.8 Å². The molecule has 2 aromatic rings. The molecule has 0 saturated heterocycles. The van der Waals surface area contributed by atoms with Gasteiger partial charge in [-0.25, -0.2) is 4.98 Å². The minimum Gasteiger partial charge on any atom is -0.481 e. The van der Waals surface area contributed by atoms with Crippen LogP contribution in [-0.4, -0.2) is 23.0 Å². The second-order valence-electron chi connectivity index (χ2n) is 3.63. The van der Waals surface area contributed by atoms with Gasteiger partial charge in [0.1, 0.15) is 5.15 Å². The van der Waals surface area contributed by atoms with E-state index in [0.717, 1.165) is 8.04 Å². The highest BCUT2D eigenvalue weighted by Gasteiger charge is 2.13. The lowest BCUT2D eigenvalue weighted by atomic mass is 10.2. The van der Waals surface area contributed by atoms with Crippen molar-refractivity contribution in [2.75, 3.05) is 12.4 Å². The zero-order valence-corrected chi connectivity index (χ0v) is 14.7. The van der Waals surface area contributed by atoms with Crippen LogP contribution in [0.15, 0.2) is 28.7 Å². The van der Waals surface area contributed by atoms with E-state index in [1.165, 1.54) is 13.2 Å². The number of nitrogens with zero attached hydrogens (tertiary/aromatic N) is 2. The maximum atomic E-state index is 12.2. The molecule has 0 saturated carbocycles. The first kappa shape index (κ1) is 15.5. The van der Waals surface area contributed by atoms with Crippen LogP contribution in [0.1, 0.15) is 10.4 Å². The molecule has 1 amide bonds. The van der Waals surface area contributed by atoms with Crippen molar-refractivity contribution in [3.8, 4) is 5.88 Å². The Balaban J connectivity index is 2.27. The van der Waals surface area contributed by atoms with E-state index in [0.29, 0.717) is 5.56 Å². The summed E-state index contributed by atoms with van der Waals surface area (Å²) in [5.74, 6) is 0.0550. The number of carbonyl (C=O) groups excluding carboxylic acids is 1. The van der Waals surface area contributed by atoms with Crippen LogP contribution in [0.4, 0.5) is 5.95 Å². The first-order valence-electron chi connectivity index (χ1n) is 5.34. The first-order chi connectivity index (χ1) is 9.49. The molecule has 0 aliphatic heterocycles. The molecule has 0 unspecified atom stereocenters. The Morgan fingerprint density at radius 3 is 2.85 bits per heavy atom. The quantitative estimate of drug-likeness (QED) is 0.551. The number of aromatic nitrogens is 2. The summed E-state index contributed by atoms with van der Waals surface area (Å²) in [4.78, 5) is 20.1. The van der Waals surface area contributed by atoms with Gasteiger partial charge >= 0.3 is 0 Å². The van der Waals surface area contributed by atoms with Gasteiger partial charge in [0.25, 0.3) is 5.91 Å². The van der Waals surface area contributed by atoms with Gasteiger partial charge in [-0.05, 0) is 40.8 Å². The number of methoxy groups -OCH3 is 1. The molecule has 0 aliphatic carbocycles. The predicted molar refractivity (Wildman–Crippen MR) is 88.4 cm³/mol. The number of nitrogens with one attached hydrogen (secondary N) is 1. The summed E-state index contributed by atoms with van der Waals surface area (Å²) in [5, 5.41) is 2.78. The van der Waals surface area contributed by atoms with E-state index in [1.54, 1.807) is 6.07 Å². The first-order valence-corrected chi connectivity index (χ1v) is 7.59. The Hall–Kier alpha value is -0.930. The molecule has 2 rings (SSSR count). The summed E-state index contributed by atoms with van der Waals surface area (Å²) in [6, 6.07) is 6.87. The maximum Gasteiger partial charge on any atom is 0.259 e. The molecule has 1 heterocycles. The van der Waals surface area contributed by atoms with Crippen LogP contribution in [0, 0.1) is 3.57 Å². The Morgan fingerprint density at radius 2 is 2.15 bits per heavy atom. The average molecular weight is 468 g/mol. The molecule has 0 atom stereocenters. The van der Waals surface area contributed by atoms with E-state index in [4.69, 9.17) is 16.3 Å². The molecule has 5 nitrogen and oxygen atoms in total. The highest BCUT2D eigenvalue weighted by atomic mass is 127. The third-order valence-electron chi connectivity index (χ3n) is 2.28. The van der Waals surface area contributed by atoms with Crippen LogP contribution in [0.2, 0.25) is 5.15 Å². The standard InChI is InChI=1S/C12H8BrClIN3O2/c1-20-10-5-9(14)16-12(17-10)18-11(19)7-4-6(13)2-3-8(7)15/h2-5H,1H3,(H,16,17,18,19). The van der Waals surface area contributed by atoms with Crippen molar-refractivity contribution in [3.05, 3.63) is 43.0 Å². The smallest absolute Gasteiger partial charge is 0.259 e. The van der Waals surface area contributed by atoms with Crippen molar-refractivity contribution in [2.45, 2.75) is 0 Å². The van der Waals surface area contributed by atoms with Crippen LogP contribution in [-0.2, 0) is 0 Å². The topological polar surface area (TPSA) is 64.1 Å². The second kappa shape index (κ2) is 6.68. The summed E-state index contributed by atoms with van der Waals surface area (Å²) in [6.07, 6.45) is 0. The van der Waals surface area contributed by atoms with Crippen molar-refractivity contribution in [1.82, 2.24) is 9.97 Å². The predicted octanol–water partition coefficient (Wildman–Crippen LogP) is 3.76. The maximum absolute atomic E-state index is 12.2. The van der Waals surface area contributed by atoms with E-state index in [1.807, 2.05) is 12.1 Å². The molecular weight excluding hydrogens is 460 g/mol. The van der Waals surface area contributed by atoms with Gasteiger partial charge in [-0.1, -0.05) is 27.5 Å². The number of halogens is 3. The number of carbonyl (C=O) groups is 1. The summed E-state index contributed by atoms with van der Waals surface area (Å²) in [5.41, 5.74) is 0.516. The normalized spacial score (nSPS) is 10.2. The lowest BCUT2D eigenvalue weighted by molar-refractivity contribution is 0.102. The van der Waals surface area contributed by atoms with Crippen molar-refractivity contribution in [2.24, 2.45) is 0 Å². The third-order valence-corrected chi connectivity index (χ3v) is 3.91. The molecule has 8 heteroatoms. The molecule has 1 N–H and O–H groups in total. The summed E-state index contributed by atoms with van der Waals surface area (Å²) in [6.45, 7) is 0. The van der Waals surface area contributed by atoms with Crippen LogP contribution in [0.25, 0.3) is 0 Å². The third kappa shape index (κ3) is 3.80. The fraction of sp³-hybridized carbons (Fsp3) is 0.0833. The Labute approximate surface area is 142 Å². The van der Waals surface area contributed by atoms with E-state index < -0.39 is 0 Å². The molecule has 0 fully saturated rings. The molecule has 0 aliphatic rings. The molecule has 1 aromatic heterocycles. The molecular formula is C12H8BrClIN3O2. The minimum atomic E-state index is -0.319. The van der Waals surface area contributed by atoms with Gasteiger partial charge in [0.2, 0.25) is 11.8 Å².